The van der Waals surface area contributed by atoms with E-state index >= 15 is 0 Å². The van der Waals surface area contributed by atoms with E-state index in [0.29, 0.717) is 17.6 Å². The summed E-state index contributed by atoms with van der Waals surface area (Å²) in [6.45, 7) is 8.54. The SMILES string of the molecule is COc1cc(F)ccc1C([C-](C)C)C(C)C.[U]. The monoisotopic (exact) mass is 461 g/mol. The molecule has 1 nitrogen and oxygen atoms in total. The molecule has 1 aromatic rings. The van der Waals surface area contributed by atoms with Crippen molar-refractivity contribution in [3.05, 3.63) is 35.5 Å². The maximum absolute atomic E-state index is 13.1. The summed E-state index contributed by atoms with van der Waals surface area (Å²) in [4.78, 5) is 0. The van der Waals surface area contributed by atoms with Crippen LogP contribution in [-0.4, -0.2) is 7.11 Å². The van der Waals surface area contributed by atoms with Crippen LogP contribution in [0.2, 0.25) is 0 Å². The van der Waals surface area contributed by atoms with Crippen molar-refractivity contribution in [3.63, 3.8) is 0 Å². The largest absolute Gasteiger partial charge is 0.496 e. The number of rotatable bonds is 4. The van der Waals surface area contributed by atoms with Crippen molar-refractivity contribution < 1.29 is 40.2 Å². The average Bonchev–Trinajstić information content (AvgIpc) is 2.19. The number of ether oxygens (including phenoxy) is 1. The molecule has 0 radical (unpaired) electrons. The van der Waals surface area contributed by atoms with Crippen LogP contribution in [0.3, 0.4) is 0 Å². The van der Waals surface area contributed by atoms with Gasteiger partial charge in [-0.15, -0.1) is 5.92 Å². The molecule has 0 aliphatic carbocycles. The molecule has 1 aromatic carbocycles. The van der Waals surface area contributed by atoms with E-state index in [0.717, 1.165) is 5.56 Å². The smallest absolute Gasteiger partial charge is 0.126 e. The topological polar surface area (TPSA) is 9.23 Å². The van der Waals surface area contributed by atoms with Crippen molar-refractivity contribution in [3.8, 4) is 5.75 Å². The van der Waals surface area contributed by atoms with Crippen LogP contribution in [0.1, 0.15) is 39.2 Å². The Hall–Kier alpha value is 0.00195. The first-order valence-corrected chi connectivity index (χ1v) is 5.60. The fourth-order valence-corrected chi connectivity index (χ4v) is 2.28. The van der Waals surface area contributed by atoms with Gasteiger partial charge in [-0.3, -0.25) is 0 Å². The van der Waals surface area contributed by atoms with Gasteiger partial charge in [-0.1, -0.05) is 25.8 Å². The van der Waals surface area contributed by atoms with E-state index in [2.05, 4.69) is 27.7 Å². The van der Waals surface area contributed by atoms with E-state index in [1.165, 1.54) is 18.1 Å². The zero-order chi connectivity index (χ0) is 12.3. The molecule has 0 saturated carbocycles. The standard InChI is InChI=1S/C14H20FO.U/c1-9(2)14(10(3)4)12-7-6-11(15)8-13(12)16-5;/h6-9,14H,1-5H3;/q-1;. The molecule has 1 rings (SSSR count). The molecule has 0 aliphatic heterocycles. The molecule has 0 aromatic heterocycles. The van der Waals surface area contributed by atoms with Crippen molar-refractivity contribution in [2.75, 3.05) is 7.11 Å². The molecular weight excluding hydrogens is 441 g/mol. The average molecular weight is 461 g/mol. The molecule has 0 aliphatic rings. The quantitative estimate of drug-likeness (QED) is 0.612. The van der Waals surface area contributed by atoms with Crippen LogP contribution in [0.25, 0.3) is 0 Å². The number of benzene rings is 1. The summed E-state index contributed by atoms with van der Waals surface area (Å²) in [6, 6.07) is 4.77. The molecular formula is C14H20FOU-. The van der Waals surface area contributed by atoms with Gasteiger partial charge in [0.1, 0.15) is 11.6 Å². The molecule has 3 heteroatoms. The van der Waals surface area contributed by atoms with Crippen molar-refractivity contribution in [2.24, 2.45) is 5.92 Å². The van der Waals surface area contributed by atoms with Gasteiger partial charge < -0.3 is 10.7 Å². The molecule has 0 N–H and O–H groups in total. The van der Waals surface area contributed by atoms with Crippen molar-refractivity contribution in [2.45, 2.75) is 33.6 Å². The molecule has 1 unspecified atom stereocenters. The Morgan fingerprint density at radius 2 is 1.82 bits per heavy atom. The van der Waals surface area contributed by atoms with Gasteiger partial charge in [0.2, 0.25) is 0 Å². The Labute approximate surface area is 128 Å². The fraction of sp³-hybridized carbons (Fsp3) is 0.500. The Kier molecular flexibility index (Phi) is 7.44. The number of methoxy groups -OCH3 is 1. The number of halogens is 1. The van der Waals surface area contributed by atoms with E-state index in [4.69, 9.17) is 4.74 Å². The zero-order valence-electron chi connectivity index (χ0n) is 11.2. The van der Waals surface area contributed by atoms with Gasteiger partial charge in [0.25, 0.3) is 0 Å². The third-order valence-electron chi connectivity index (χ3n) is 2.82. The van der Waals surface area contributed by atoms with Crippen LogP contribution >= 0.6 is 0 Å². The second-order valence-electron chi connectivity index (χ2n) is 4.69. The molecule has 17 heavy (non-hydrogen) atoms. The predicted molar refractivity (Wildman–Crippen MR) is 65.1 cm³/mol. The summed E-state index contributed by atoms with van der Waals surface area (Å²) in [6.07, 6.45) is 0. The second kappa shape index (κ2) is 7.44. The Bertz CT molecular complexity index is 342. The molecule has 0 spiro atoms. The van der Waals surface area contributed by atoms with Gasteiger partial charge in [-0.25, -0.2) is 4.39 Å². The van der Waals surface area contributed by atoms with E-state index in [-0.39, 0.29) is 36.9 Å². The van der Waals surface area contributed by atoms with E-state index in [1.54, 1.807) is 7.11 Å². The van der Waals surface area contributed by atoms with Crippen LogP contribution in [0.4, 0.5) is 4.39 Å². The minimum absolute atomic E-state index is 0. The minimum Gasteiger partial charge on any atom is -0.496 e. The molecule has 0 amide bonds. The van der Waals surface area contributed by atoms with E-state index in [1.807, 2.05) is 6.07 Å². The maximum atomic E-state index is 13.1. The summed E-state index contributed by atoms with van der Waals surface area (Å²) < 4.78 is 18.4. The first kappa shape index (κ1) is 17.0. The summed E-state index contributed by atoms with van der Waals surface area (Å²) in [7, 11) is 1.58. The van der Waals surface area contributed by atoms with E-state index < -0.39 is 0 Å². The second-order valence-corrected chi connectivity index (χ2v) is 4.69. The Morgan fingerprint density at radius 3 is 2.24 bits per heavy atom. The van der Waals surface area contributed by atoms with Gasteiger partial charge in [-0.05, 0) is 11.6 Å². The van der Waals surface area contributed by atoms with Crippen molar-refractivity contribution in [1.82, 2.24) is 0 Å². The van der Waals surface area contributed by atoms with Crippen molar-refractivity contribution >= 4 is 0 Å². The number of hydrogen-bond donors (Lipinski definition) is 0. The third kappa shape index (κ3) is 4.30. The van der Waals surface area contributed by atoms with Gasteiger partial charge >= 0.3 is 0 Å². The minimum atomic E-state index is -0.253. The summed E-state index contributed by atoms with van der Waals surface area (Å²) >= 11 is 0. The normalized spacial score (nSPS) is 12.5. The molecule has 94 valence electrons. The Balaban J connectivity index is 0.00000256. The molecule has 0 heterocycles. The van der Waals surface area contributed by atoms with Gasteiger partial charge in [-0.2, -0.15) is 13.8 Å². The van der Waals surface area contributed by atoms with Gasteiger partial charge in [0, 0.05) is 37.2 Å². The van der Waals surface area contributed by atoms with Gasteiger partial charge in [0.15, 0.2) is 0 Å². The molecule has 0 bridgehead atoms. The molecule has 0 fully saturated rings. The zero-order valence-corrected chi connectivity index (χ0v) is 15.3. The third-order valence-corrected chi connectivity index (χ3v) is 2.82. The first-order chi connectivity index (χ1) is 7.47. The number of hydrogen-bond acceptors (Lipinski definition) is 1. The van der Waals surface area contributed by atoms with Crippen LogP contribution < -0.4 is 4.74 Å². The summed E-state index contributed by atoms with van der Waals surface area (Å²) in [5.41, 5.74) is 1.07. The summed E-state index contributed by atoms with van der Waals surface area (Å²) in [5.74, 6) is 2.50. The maximum Gasteiger partial charge on any atom is 0.126 e. The predicted octanol–water partition coefficient (Wildman–Crippen LogP) is 4.19. The van der Waals surface area contributed by atoms with E-state index in [9.17, 15) is 4.39 Å². The van der Waals surface area contributed by atoms with Crippen LogP contribution in [0, 0.1) is 48.8 Å². The van der Waals surface area contributed by atoms with Crippen LogP contribution in [0.15, 0.2) is 18.2 Å². The first-order valence-electron chi connectivity index (χ1n) is 5.60. The summed E-state index contributed by atoms with van der Waals surface area (Å²) in [5, 5.41) is 0. The Morgan fingerprint density at radius 1 is 1.24 bits per heavy atom. The van der Waals surface area contributed by atoms with Crippen LogP contribution in [0.5, 0.6) is 5.75 Å². The van der Waals surface area contributed by atoms with Gasteiger partial charge in [0.05, 0.1) is 7.11 Å². The van der Waals surface area contributed by atoms with Crippen LogP contribution in [-0.2, 0) is 0 Å². The molecule has 0 saturated heterocycles. The fourth-order valence-electron chi connectivity index (χ4n) is 2.28. The molecule has 1 atom stereocenters. The van der Waals surface area contributed by atoms with Crippen molar-refractivity contribution in [1.29, 1.82) is 0 Å².